The number of likely N-dealkylation sites (N-methyl/N-ethyl adjacent to an activating group) is 1. The molecule has 2 aliphatic heterocycles. The Balaban J connectivity index is 1.78. The molecule has 1 N–H and O–H groups in total. The Bertz CT molecular complexity index is 216. The summed E-state index contributed by atoms with van der Waals surface area (Å²) in [5.41, 5.74) is 0. The molecule has 0 amide bonds. The molecule has 2 saturated heterocycles. The molecule has 2 rings (SSSR count). The molecule has 3 atom stereocenters. The molecular weight excluding hydrogens is 218 g/mol. The summed E-state index contributed by atoms with van der Waals surface area (Å²) in [7, 11) is 4.42. The third kappa shape index (κ3) is 3.13. The van der Waals surface area contributed by atoms with E-state index in [-0.39, 0.29) is 0 Å². The van der Waals surface area contributed by atoms with Gasteiger partial charge in [0.25, 0.3) is 0 Å². The fourth-order valence-electron chi connectivity index (χ4n) is 2.92. The van der Waals surface area contributed by atoms with Crippen molar-refractivity contribution in [1.29, 1.82) is 0 Å². The lowest BCUT2D eigenvalue weighted by molar-refractivity contribution is 0.245. The molecule has 0 aromatic carbocycles. The molecule has 0 saturated carbocycles. The van der Waals surface area contributed by atoms with Crippen molar-refractivity contribution < 1.29 is 0 Å². The van der Waals surface area contributed by atoms with Crippen LogP contribution >= 0.6 is 11.8 Å². The lowest BCUT2D eigenvalue weighted by Crippen LogP contribution is -2.46. The fraction of sp³-hybridized carbons (Fsp3) is 1.00. The number of hydrogen-bond donors (Lipinski definition) is 1. The van der Waals surface area contributed by atoms with E-state index in [1.54, 1.807) is 0 Å². The normalized spacial score (nSPS) is 37.1. The highest BCUT2D eigenvalue weighted by molar-refractivity contribution is 7.99. The van der Waals surface area contributed by atoms with Gasteiger partial charge in [-0.2, -0.15) is 11.8 Å². The van der Waals surface area contributed by atoms with Gasteiger partial charge >= 0.3 is 0 Å². The molecule has 0 aromatic heterocycles. The van der Waals surface area contributed by atoms with Crippen molar-refractivity contribution in [3.8, 4) is 0 Å². The van der Waals surface area contributed by atoms with E-state index in [9.17, 15) is 0 Å². The summed E-state index contributed by atoms with van der Waals surface area (Å²) < 4.78 is 0. The summed E-state index contributed by atoms with van der Waals surface area (Å²) in [5.74, 6) is 3.39. The molecule has 3 nitrogen and oxygen atoms in total. The van der Waals surface area contributed by atoms with Crippen molar-refractivity contribution in [3.05, 3.63) is 0 Å². The first-order chi connectivity index (χ1) is 7.66. The minimum Gasteiger partial charge on any atom is -0.311 e. The third-order valence-corrected chi connectivity index (χ3v) is 4.92. The molecular formula is C12H25N3S. The number of nitrogens with zero attached hydrogens (tertiary/aromatic N) is 2. The van der Waals surface area contributed by atoms with Gasteiger partial charge in [-0.25, -0.2) is 0 Å². The van der Waals surface area contributed by atoms with Gasteiger partial charge in [-0.3, -0.25) is 4.90 Å². The van der Waals surface area contributed by atoms with Crippen LogP contribution in [0.25, 0.3) is 0 Å². The second kappa shape index (κ2) is 5.71. The lowest BCUT2D eigenvalue weighted by Gasteiger charge is -2.28. The topological polar surface area (TPSA) is 18.5 Å². The Morgan fingerprint density at radius 2 is 2.19 bits per heavy atom. The van der Waals surface area contributed by atoms with Gasteiger partial charge in [-0.1, -0.05) is 6.92 Å². The SMILES string of the molecule is CC1CN(CC2CSCCN2)CC1N(C)C. The molecule has 0 aliphatic carbocycles. The summed E-state index contributed by atoms with van der Waals surface area (Å²) in [4.78, 5) is 5.02. The van der Waals surface area contributed by atoms with E-state index in [0.29, 0.717) is 6.04 Å². The average molecular weight is 243 g/mol. The standard InChI is InChI=1S/C12H25N3S/c1-10-6-15(8-12(10)14(2)3)7-11-9-16-5-4-13-11/h10-13H,4-9H2,1-3H3. The van der Waals surface area contributed by atoms with Crippen LogP contribution in [0, 0.1) is 5.92 Å². The van der Waals surface area contributed by atoms with Crippen LogP contribution in [0.5, 0.6) is 0 Å². The van der Waals surface area contributed by atoms with Gasteiger partial charge in [0, 0.05) is 49.8 Å². The first-order valence-electron chi connectivity index (χ1n) is 6.36. The largest absolute Gasteiger partial charge is 0.311 e. The van der Waals surface area contributed by atoms with Crippen LogP contribution in [0.2, 0.25) is 0 Å². The zero-order valence-corrected chi connectivity index (χ0v) is 11.6. The minimum absolute atomic E-state index is 0.715. The van der Waals surface area contributed by atoms with Crippen LogP contribution in [-0.2, 0) is 0 Å². The number of thioether (sulfide) groups is 1. The third-order valence-electron chi connectivity index (χ3n) is 3.79. The van der Waals surface area contributed by atoms with Gasteiger partial charge in [-0.05, 0) is 20.0 Å². The first kappa shape index (κ1) is 12.7. The minimum atomic E-state index is 0.715. The van der Waals surface area contributed by atoms with Crippen molar-refractivity contribution in [1.82, 2.24) is 15.1 Å². The maximum atomic E-state index is 3.63. The molecule has 94 valence electrons. The Hall–Kier alpha value is 0.230. The van der Waals surface area contributed by atoms with E-state index in [1.165, 1.54) is 37.7 Å². The monoisotopic (exact) mass is 243 g/mol. The van der Waals surface area contributed by atoms with Crippen molar-refractivity contribution in [2.24, 2.45) is 5.92 Å². The zero-order valence-electron chi connectivity index (χ0n) is 10.8. The molecule has 2 heterocycles. The summed E-state index contributed by atoms with van der Waals surface area (Å²) in [6.07, 6.45) is 0. The van der Waals surface area contributed by atoms with Crippen LogP contribution in [-0.4, -0.2) is 73.7 Å². The molecule has 4 heteroatoms. The van der Waals surface area contributed by atoms with Crippen molar-refractivity contribution in [2.75, 3.05) is 51.8 Å². The van der Waals surface area contributed by atoms with Crippen molar-refractivity contribution >= 4 is 11.8 Å². The molecule has 3 unspecified atom stereocenters. The molecule has 16 heavy (non-hydrogen) atoms. The van der Waals surface area contributed by atoms with Crippen molar-refractivity contribution in [3.63, 3.8) is 0 Å². The average Bonchev–Trinajstić information content (AvgIpc) is 2.61. The van der Waals surface area contributed by atoms with E-state index in [4.69, 9.17) is 0 Å². The smallest absolute Gasteiger partial charge is 0.0285 e. The number of rotatable bonds is 3. The first-order valence-corrected chi connectivity index (χ1v) is 7.52. The highest BCUT2D eigenvalue weighted by atomic mass is 32.2. The Kier molecular flexibility index (Phi) is 4.53. The zero-order chi connectivity index (χ0) is 11.5. The summed E-state index contributed by atoms with van der Waals surface area (Å²) >= 11 is 2.09. The molecule has 0 spiro atoms. The van der Waals surface area contributed by atoms with E-state index < -0.39 is 0 Å². The second-order valence-electron chi connectivity index (χ2n) is 5.45. The molecule has 0 bridgehead atoms. The van der Waals surface area contributed by atoms with Gasteiger partial charge in [0.15, 0.2) is 0 Å². The molecule has 2 aliphatic rings. The van der Waals surface area contributed by atoms with Crippen LogP contribution in [0.1, 0.15) is 6.92 Å². The number of nitrogens with one attached hydrogen (secondary N) is 1. The van der Waals surface area contributed by atoms with Crippen LogP contribution in [0.3, 0.4) is 0 Å². The Morgan fingerprint density at radius 1 is 1.38 bits per heavy atom. The second-order valence-corrected chi connectivity index (χ2v) is 6.60. The molecule has 0 aromatic rings. The van der Waals surface area contributed by atoms with Gasteiger partial charge in [-0.15, -0.1) is 0 Å². The fourth-order valence-corrected chi connectivity index (χ4v) is 3.85. The summed E-state index contributed by atoms with van der Waals surface area (Å²) in [6, 6.07) is 1.46. The van der Waals surface area contributed by atoms with E-state index in [1.807, 2.05) is 0 Å². The van der Waals surface area contributed by atoms with E-state index >= 15 is 0 Å². The Labute approximate surface area is 104 Å². The van der Waals surface area contributed by atoms with Gasteiger partial charge in [0.2, 0.25) is 0 Å². The summed E-state index contributed by atoms with van der Waals surface area (Å²) in [5, 5.41) is 3.63. The Morgan fingerprint density at radius 3 is 2.75 bits per heavy atom. The van der Waals surface area contributed by atoms with Crippen LogP contribution in [0.15, 0.2) is 0 Å². The highest BCUT2D eigenvalue weighted by Crippen LogP contribution is 2.20. The maximum Gasteiger partial charge on any atom is 0.0285 e. The van der Waals surface area contributed by atoms with Gasteiger partial charge < -0.3 is 10.2 Å². The van der Waals surface area contributed by atoms with E-state index in [2.05, 4.69) is 47.9 Å². The number of likely N-dealkylation sites (tertiary alicyclic amines) is 1. The predicted molar refractivity (Wildman–Crippen MR) is 72.2 cm³/mol. The van der Waals surface area contributed by atoms with E-state index in [0.717, 1.165) is 12.0 Å². The quantitative estimate of drug-likeness (QED) is 0.781. The maximum absolute atomic E-state index is 3.63. The van der Waals surface area contributed by atoms with Gasteiger partial charge in [0.1, 0.15) is 0 Å². The number of hydrogen-bond acceptors (Lipinski definition) is 4. The van der Waals surface area contributed by atoms with Crippen molar-refractivity contribution in [2.45, 2.75) is 19.0 Å². The van der Waals surface area contributed by atoms with Crippen LogP contribution < -0.4 is 5.32 Å². The predicted octanol–water partition coefficient (Wildman–Crippen LogP) is 0.573. The summed E-state index contributed by atoms with van der Waals surface area (Å²) in [6.45, 7) is 7.33. The lowest BCUT2D eigenvalue weighted by atomic mass is 10.1. The van der Waals surface area contributed by atoms with Crippen LogP contribution in [0.4, 0.5) is 0 Å². The molecule has 2 fully saturated rings. The highest BCUT2D eigenvalue weighted by Gasteiger charge is 2.32. The molecule has 0 radical (unpaired) electrons. The van der Waals surface area contributed by atoms with Gasteiger partial charge in [0.05, 0.1) is 0 Å².